The molecule has 12 heterocycles. The zero-order chi connectivity index (χ0) is 65.6. The van der Waals surface area contributed by atoms with Crippen molar-refractivity contribution in [3.05, 3.63) is 305 Å². The van der Waals surface area contributed by atoms with Crippen molar-refractivity contribution in [1.82, 2.24) is 58.7 Å². The van der Waals surface area contributed by atoms with Crippen LogP contribution in [-0.4, -0.2) is 58.7 Å². The van der Waals surface area contributed by atoms with Crippen molar-refractivity contribution in [3.8, 4) is 34.1 Å². The molecule has 0 atom stereocenters. The topological polar surface area (TPSA) is 186 Å². The van der Waals surface area contributed by atoms with E-state index in [0.717, 1.165) is 117 Å². The molecule has 7 aromatic carbocycles. The zero-order valence-corrected chi connectivity index (χ0v) is 68.7. The van der Waals surface area contributed by atoms with E-state index in [4.69, 9.17) is 26.5 Å². The van der Waals surface area contributed by atoms with E-state index >= 15 is 0 Å². The van der Waals surface area contributed by atoms with Crippen molar-refractivity contribution in [2.45, 2.75) is 52.4 Å². The molecular weight excluding hydrogens is 2260 g/mol. The predicted octanol–water partition coefficient (Wildman–Crippen LogP) is 18.2. The van der Waals surface area contributed by atoms with Gasteiger partial charge in [0.1, 0.15) is 5.58 Å². The molecule has 0 fully saturated rings. The van der Waals surface area contributed by atoms with Gasteiger partial charge in [-0.2, -0.15) is 103 Å². The van der Waals surface area contributed by atoms with Crippen LogP contribution < -0.4 is 0 Å². The summed E-state index contributed by atoms with van der Waals surface area (Å²) in [6.45, 7) is 13.0. The second-order valence-corrected chi connectivity index (χ2v) is 24.0. The number of furan rings is 6. The molecule has 24 heteroatoms. The third-order valence-electron chi connectivity index (χ3n) is 15.4. The number of nitrogens with zero attached hydrogens (tertiary/aromatic N) is 12. The van der Waals surface area contributed by atoms with Gasteiger partial charge in [-0.05, 0) is 93.6 Å². The molecule has 18 nitrogen and oxygen atoms in total. The summed E-state index contributed by atoms with van der Waals surface area (Å²) in [4.78, 5) is 0. The van der Waals surface area contributed by atoms with Crippen LogP contribution in [0.25, 0.3) is 111 Å². The number of aromatic nitrogens is 12. The SMILES string of the molecule is CC(C)(C)c1cc2cc[c-]c(-n3cccn3)c2o1.CC(C)(C)c1coc2c(-n3cccn3)[c-]ccc12.[Ir].[Ir].[Ir].[Ir].[Ir].[Rh].[c-]1c(-n2cccn2)ccc2ccoc12.[c-]1c(-n2cccn2)ccc2occc12.[c-]1cc2ccoc2cc1-n1cccn1.[c-]1ccc2c(oc3ccccc32)c1-n1cccn1. The minimum atomic E-state index is 0. The Balaban J connectivity index is 0.000000154. The summed E-state index contributed by atoms with van der Waals surface area (Å²) in [5.74, 6) is 0.977. The molecule has 0 bridgehead atoms. The second-order valence-electron chi connectivity index (χ2n) is 24.0. The average Bonchev–Trinajstić information content (AvgIpc) is 1.63. The fourth-order valence-corrected chi connectivity index (χ4v) is 10.6. The van der Waals surface area contributed by atoms with E-state index in [1.54, 1.807) is 84.1 Å². The first kappa shape index (κ1) is 78.9. The number of benzene rings is 7. The van der Waals surface area contributed by atoms with Gasteiger partial charge in [0.2, 0.25) is 0 Å². The predicted molar refractivity (Wildman–Crippen MR) is 368 cm³/mol. The summed E-state index contributed by atoms with van der Waals surface area (Å²) in [7, 11) is 0. The van der Waals surface area contributed by atoms with Gasteiger partial charge in [0.25, 0.3) is 0 Å². The van der Waals surface area contributed by atoms with Crippen LogP contribution in [0.5, 0.6) is 0 Å². The molecule has 0 aliphatic carbocycles. The Bertz CT molecular complexity index is 5380. The Hall–Kier alpha value is -8.83. The van der Waals surface area contributed by atoms with Crippen molar-refractivity contribution in [2.24, 2.45) is 0 Å². The maximum Gasteiger partial charge on any atom is 0.116 e. The van der Waals surface area contributed by atoms with Gasteiger partial charge < -0.3 is 26.5 Å². The molecule has 0 amide bonds. The summed E-state index contributed by atoms with van der Waals surface area (Å²) >= 11 is 0. The van der Waals surface area contributed by atoms with E-state index in [1.165, 1.54) is 5.56 Å². The molecule has 19 rings (SSSR count). The van der Waals surface area contributed by atoms with E-state index in [9.17, 15) is 0 Å². The van der Waals surface area contributed by atoms with Crippen molar-refractivity contribution < 1.29 is 147 Å². The van der Waals surface area contributed by atoms with Crippen molar-refractivity contribution in [3.63, 3.8) is 0 Å². The Morgan fingerprint density at radius 1 is 0.363 bits per heavy atom. The molecule has 0 saturated carbocycles. The maximum atomic E-state index is 6.00. The smallest absolute Gasteiger partial charge is 0.116 e. The molecule has 528 valence electrons. The monoisotopic (exact) mass is 2330 g/mol. The summed E-state index contributed by atoms with van der Waals surface area (Å²) in [5.41, 5.74) is 12.4. The second kappa shape index (κ2) is 35.4. The largest absolute Gasteiger partial charge is 0.520 e. The molecule has 0 unspecified atom stereocenters. The van der Waals surface area contributed by atoms with E-state index in [-0.39, 0.29) is 131 Å². The Morgan fingerprint density at radius 3 is 1.47 bits per heavy atom. The number of para-hydroxylation sites is 1. The maximum absolute atomic E-state index is 6.00. The van der Waals surface area contributed by atoms with Gasteiger partial charge in [-0.3, -0.25) is 28.1 Å². The number of hydrogen-bond acceptors (Lipinski definition) is 12. The minimum absolute atomic E-state index is 0. The third kappa shape index (κ3) is 17.8. The van der Waals surface area contributed by atoms with Gasteiger partial charge in [-0.25, -0.2) is 0 Å². The minimum Gasteiger partial charge on any atom is -0.520 e. The number of rotatable bonds is 6. The van der Waals surface area contributed by atoms with Crippen LogP contribution in [0.3, 0.4) is 0 Å². The van der Waals surface area contributed by atoms with Crippen LogP contribution in [0.1, 0.15) is 52.9 Å². The summed E-state index contributed by atoms with van der Waals surface area (Å²) in [6.07, 6.45) is 28.6. The summed E-state index contributed by atoms with van der Waals surface area (Å²) in [5, 5.41) is 32.6. The van der Waals surface area contributed by atoms with Crippen LogP contribution in [-0.2, 0) is 131 Å². The molecule has 0 saturated heterocycles. The molecule has 0 aliphatic heterocycles. The van der Waals surface area contributed by atoms with Crippen molar-refractivity contribution in [1.29, 1.82) is 0 Å². The van der Waals surface area contributed by atoms with Crippen molar-refractivity contribution in [2.75, 3.05) is 0 Å². The van der Waals surface area contributed by atoms with E-state index < -0.39 is 0 Å². The van der Waals surface area contributed by atoms with Crippen LogP contribution in [0.2, 0.25) is 0 Å². The van der Waals surface area contributed by atoms with Gasteiger partial charge in [-0.1, -0.05) is 105 Å². The Labute approximate surface area is 666 Å². The first-order valence-electron chi connectivity index (χ1n) is 30.7. The van der Waals surface area contributed by atoms with Gasteiger partial charge in [0, 0.05) is 245 Å². The van der Waals surface area contributed by atoms with Gasteiger partial charge >= 0.3 is 0 Å². The van der Waals surface area contributed by atoms with E-state index in [2.05, 4.69) is 121 Å². The van der Waals surface area contributed by atoms with Crippen LogP contribution in [0.4, 0.5) is 0 Å². The standard InChI is InChI=1S/C15H9N2O.2C15H15N2O.3C11H7N2O.5Ir.Rh/c1-2-8-14-11(5-1)12-6-3-7-13(15(12)18-14)17-10-4-9-16-17;1-15(2,3)12-10-18-14-11(12)6-4-7-13(14)17-9-5-8-16-17;1-15(2,3)13-10-11-6-4-7-12(14(11)18-13)17-9-5-8-16-17;1-5-12-13(6-1)10-2-3-11-9(8-10)4-7-14-11;2*1-5-12-13(6-1)10-3-2-9-4-7-14-11(9)8-10;;;;;;/h1-6,8-10H;2*4-6,8-10H,1-3H3;1-7H;1-2,4-8H;1-7H;;;;;;/q6*-1;;;;;;. The van der Waals surface area contributed by atoms with E-state index in [0.29, 0.717) is 0 Å². The van der Waals surface area contributed by atoms with Gasteiger partial charge in [0.05, 0.1) is 24.5 Å². The fraction of sp³-hybridized carbons (Fsp3) is 0.103. The first-order valence-corrected chi connectivity index (χ1v) is 30.7. The third-order valence-corrected chi connectivity index (χ3v) is 15.4. The van der Waals surface area contributed by atoms with Crippen LogP contribution >= 0.6 is 0 Å². The van der Waals surface area contributed by atoms with Crippen LogP contribution in [0, 0.1) is 36.4 Å². The Kier molecular flexibility index (Phi) is 27.4. The summed E-state index contributed by atoms with van der Waals surface area (Å²) in [6, 6.07) is 69.6. The molecule has 0 aliphatic rings. The molecule has 12 aromatic heterocycles. The molecule has 0 N–H and O–H groups in total. The molecule has 102 heavy (non-hydrogen) atoms. The molecule has 6 radical (unpaired) electrons. The molecular formula is C78H60Ir5N12O6Rh-6. The van der Waals surface area contributed by atoms with Gasteiger partial charge in [-0.15, -0.1) is 41.8 Å². The van der Waals surface area contributed by atoms with E-state index in [1.807, 2.05) is 189 Å². The molecule has 19 aromatic rings. The normalized spacial score (nSPS) is 10.8. The average molecular weight is 2330 g/mol. The zero-order valence-electron chi connectivity index (χ0n) is 55.1. The first-order chi connectivity index (χ1) is 46.9. The molecule has 0 spiro atoms. The summed E-state index contributed by atoms with van der Waals surface area (Å²) < 4.78 is 44.0. The Morgan fingerprint density at radius 2 is 0.873 bits per heavy atom. The number of fused-ring (bicyclic) bond motifs is 8. The van der Waals surface area contributed by atoms with Gasteiger partial charge in [0.15, 0.2) is 0 Å². The quantitative estimate of drug-likeness (QED) is 0.113. The van der Waals surface area contributed by atoms with Crippen LogP contribution in [0.15, 0.2) is 284 Å². The fourth-order valence-electron chi connectivity index (χ4n) is 10.6. The van der Waals surface area contributed by atoms with Crippen molar-refractivity contribution >= 4 is 76.8 Å². The number of hydrogen-bond donors (Lipinski definition) is 0.